The van der Waals surface area contributed by atoms with Crippen molar-refractivity contribution < 1.29 is 0 Å². The van der Waals surface area contributed by atoms with Gasteiger partial charge < -0.3 is 5.32 Å². The van der Waals surface area contributed by atoms with Gasteiger partial charge in [-0.25, -0.2) is 0 Å². The van der Waals surface area contributed by atoms with Gasteiger partial charge in [-0.15, -0.1) is 0 Å². The molecular weight excluding hydrogens is 218 g/mol. The highest BCUT2D eigenvalue weighted by atomic mass is 14.9. The fourth-order valence-electron chi connectivity index (χ4n) is 2.55. The van der Waals surface area contributed by atoms with Crippen LogP contribution in [-0.2, 0) is 0 Å². The average Bonchev–Trinajstić information content (AvgIpc) is 3.24. The van der Waals surface area contributed by atoms with Crippen LogP contribution in [0.15, 0.2) is 24.3 Å². The molecule has 1 aliphatic rings. The van der Waals surface area contributed by atoms with Crippen molar-refractivity contribution in [2.75, 3.05) is 6.54 Å². The molecule has 0 saturated heterocycles. The third-order valence-corrected chi connectivity index (χ3v) is 4.18. The Hall–Kier alpha value is -0.820. The number of rotatable bonds is 7. The zero-order valence-electron chi connectivity index (χ0n) is 12.1. The lowest BCUT2D eigenvalue weighted by Gasteiger charge is -2.19. The molecule has 1 heteroatoms. The molecule has 0 radical (unpaired) electrons. The Morgan fingerprint density at radius 2 is 1.72 bits per heavy atom. The van der Waals surface area contributed by atoms with Gasteiger partial charge in [-0.2, -0.15) is 0 Å². The quantitative estimate of drug-likeness (QED) is 0.737. The van der Waals surface area contributed by atoms with Crippen LogP contribution in [0.3, 0.4) is 0 Å². The first-order chi connectivity index (χ1) is 8.76. The van der Waals surface area contributed by atoms with E-state index in [9.17, 15) is 0 Å². The Morgan fingerprint density at radius 3 is 2.22 bits per heavy atom. The second-order valence-corrected chi connectivity index (χ2v) is 5.75. The van der Waals surface area contributed by atoms with Crippen LogP contribution in [0, 0.1) is 5.92 Å². The molecule has 1 fully saturated rings. The first-order valence-electron chi connectivity index (χ1n) is 7.59. The summed E-state index contributed by atoms with van der Waals surface area (Å²) in [7, 11) is 0. The van der Waals surface area contributed by atoms with Gasteiger partial charge in [0.05, 0.1) is 0 Å². The lowest BCUT2D eigenvalue weighted by atomic mass is 9.95. The molecule has 1 aromatic rings. The summed E-state index contributed by atoms with van der Waals surface area (Å²) >= 11 is 0. The number of hydrogen-bond donors (Lipinski definition) is 1. The van der Waals surface area contributed by atoms with Crippen molar-refractivity contribution in [2.45, 2.75) is 58.4 Å². The highest BCUT2D eigenvalue weighted by Crippen LogP contribution is 2.41. The van der Waals surface area contributed by atoms with E-state index in [0.717, 1.165) is 12.5 Å². The third-order valence-electron chi connectivity index (χ3n) is 4.18. The SMILES string of the molecule is CCCNC(c1ccc(C(C)CC)cc1)C1CC1. The molecule has 1 aromatic carbocycles. The molecular formula is C17H27N. The average molecular weight is 245 g/mol. The van der Waals surface area contributed by atoms with E-state index in [0.29, 0.717) is 12.0 Å². The van der Waals surface area contributed by atoms with Crippen molar-refractivity contribution in [1.82, 2.24) is 5.32 Å². The van der Waals surface area contributed by atoms with E-state index in [1.807, 2.05) is 0 Å². The molecule has 100 valence electrons. The van der Waals surface area contributed by atoms with Gasteiger partial charge in [0.1, 0.15) is 0 Å². The zero-order chi connectivity index (χ0) is 13.0. The topological polar surface area (TPSA) is 12.0 Å². The summed E-state index contributed by atoms with van der Waals surface area (Å²) in [6, 6.07) is 9.93. The predicted octanol–water partition coefficient (Wildman–Crippen LogP) is 4.65. The molecule has 1 saturated carbocycles. The minimum atomic E-state index is 0.593. The maximum absolute atomic E-state index is 3.71. The molecule has 0 spiro atoms. The van der Waals surface area contributed by atoms with E-state index in [1.165, 1.54) is 36.8 Å². The summed E-state index contributed by atoms with van der Waals surface area (Å²) < 4.78 is 0. The second-order valence-electron chi connectivity index (χ2n) is 5.75. The largest absolute Gasteiger partial charge is 0.310 e. The van der Waals surface area contributed by atoms with Gasteiger partial charge >= 0.3 is 0 Å². The molecule has 2 rings (SSSR count). The summed E-state index contributed by atoms with van der Waals surface area (Å²) in [5.74, 6) is 1.56. The van der Waals surface area contributed by atoms with Crippen LogP contribution >= 0.6 is 0 Å². The van der Waals surface area contributed by atoms with Crippen molar-refractivity contribution >= 4 is 0 Å². The summed E-state index contributed by atoms with van der Waals surface area (Å²) in [4.78, 5) is 0. The molecule has 0 amide bonds. The maximum atomic E-state index is 3.71. The zero-order valence-corrected chi connectivity index (χ0v) is 12.1. The van der Waals surface area contributed by atoms with E-state index >= 15 is 0 Å². The van der Waals surface area contributed by atoms with E-state index < -0.39 is 0 Å². The van der Waals surface area contributed by atoms with Crippen LogP contribution in [0.2, 0.25) is 0 Å². The minimum Gasteiger partial charge on any atom is -0.310 e. The Labute approximate surface area is 112 Å². The van der Waals surface area contributed by atoms with Gasteiger partial charge in [-0.05, 0) is 55.2 Å². The monoisotopic (exact) mass is 245 g/mol. The van der Waals surface area contributed by atoms with Crippen LogP contribution in [0.25, 0.3) is 0 Å². The maximum Gasteiger partial charge on any atom is 0.0348 e. The first kappa shape index (κ1) is 13.6. The Kier molecular flexibility index (Phi) is 4.82. The highest BCUT2D eigenvalue weighted by Gasteiger charge is 2.31. The molecule has 0 aromatic heterocycles. The molecule has 1 aliphatic carbocycles. The third kappa shape index (κ3) is 3.35. The van der Waals surface area contributed by atoms with Gasteiger partial charge in [0, 0.05) is 6.04 Å². The number of nitrogens with one attached hydrogen (secondary N) is 1. The molecule has 2 atom stereocenters. The second kappa shape index (κ2) is 6.38. The highest BCUT2D eigenvalue weighted by molar-refractivity contribution is 5.28. The van der Waals surface area contributed by atoms with Gasteiger partial charge in [0.25, 0.3) is 0 Å². The summed E-state index contributed by atoms with van der Waals surface area (Å²) in [5.41, 5.74) is 2.96. The lowest BCUT2D eigenvalue weighted by molar-refractivity contribution is 0.481. The normalized spacial score (nSPS) is 18.6. The standard InChI is InChI=1S/C17H27N/c1-4-12-18-17(16-10-11-16)15-8-6-14(7-9-15)13(3)5-2/h6-9,13,16-18H,4-5,10-12H2,1-3H3. The van der Waals surface area contributed by atoms with E-state index in [1.54, 1.807) is 0 Å². The summed E-state index contributed by atoms with van der Waals surface area (Å²) in [6.07, 6.45) is 5.23. The van der Waals surface area contributed by atoms with Gasteiger partial charge in [0.2, 0.25) is 0 Å². The Bertz CT molecular complexity index is 350. The van der Waals surface area contributed by atoms with Crippen LogP contribution in [0.1, 0.15) is 69.5 Å². The van der Waals surface area contributed by atoms with Gasteiger partial charge in [0.15, 0.2) is 0 Å². The first-order valence-corrected chi connectivity index (χ1v) is 7.59. The predicted molar refractivity (Wildman–Crippen MR) is 78.9 cm³/mol. The molecule has 1 nitrogen and oxygen atoms in total. The molecule has 0 aliphatic heterocycles. The van der Waals surface area contributed by atoms with Crippen LogP contribution in [0.4, 0.5) is 0 Å². The van der Waals surface area contributed by atoms with Crippen molar-refractivity contribution in [3.05, 3.63) is 35.4 Å². The van der Waals surface area contributed by atoms with E-state index in [4.69, 9.17) is 0 Å². The number of hydrogen-bond acceptors (Lipinski definition) is 1. The van der Waals surface area contributed by atoms with Crippen LogP contribution < -0.4 is 5.32 Å². The van der Waals surface area contributed by atoms with Gasteiger partial charge in [-0.1, -0.05) is 45.0 Å². The van der Waals surface area contributed by atoms with Crippen LogP contribution in [0.5, 0.6) is 0 Å². The number of benzene rings is 1. The molecule has 0 heterocycles. The fraction of sp³-hybridized carbons (Fsp3) is 0.647. The smallest absolute Gasteiger partial charge is 0.0348 e. The van der Waals surface area contributed by atoms with Crippen molar-refractivity contribution in [3.63, 3.8) is 0 Å². The molecule has 2 unspecified atom stereocenters. The Morgan fingerprint density at radius 1 is 1.11 bits per heavy atom. The Balaban J connectivity index is 2.05. The lowest BCUT2D eigenvalue weighted by Crippen LogP contribution is -2.23. The summed E-state index contributed by atoms with van der Waals surface area (Å²) in [5, 5.41) is 3.71. The van der Waals surface area contributed by atoms with Crippen LogP contribution in [-0.4, -0.2) is 6.54 Å². The molecule has 18 heavy (non-hydrogen) atoms. The van der Waals surface area contributed by atoms with Gasteiger partial charge in [-0.3, -0.25) is 0 Å². The van der Waals surface area contributed by atoms with Crippen molar-refractivity contribution in [3.8, 4) is 0 Å². The van der Waals surface area contributed by atoms with Crippen molar-refractivity contribution in [1.29, 1.82) is 0 Å². The molecule has 0 bridgehead atoms. The van der Waals surface area contributed by atoms with Crippen molar-refractivity contribution in [2.24, 2.45) is 5.92 Å². The van der Waals surface area contributed by atoms with E-state index in [-0.39, 0.29) is 0 Å². The minimum absolute atomic E-state index is 0.593. The fourth-order valence-corrected chi connectivity index (χ4v) is 2.55. The summed E-state index contributed by atoms with van der Waals surface area (Å²) in [6.45, 7) is 7.94. The molecule has 1 N–H and O–H groups in total. The van der Waals surface area contributed by atoms with E-state index in [2.05, 4.69) is 50.4 Å².